The number of nitrogens with zero attached hydrogens (tertiary/aromatic N) is 4. The van der Waals surface area contributed by atoms with E-state index in [0.29, 0.717) is 6.54 Å². The van der Waals surface area contributed by atoms with Crippen LogP contribution in [0.15, 0.2) is 12.3 Å². The van der Waals surface area contributed by atoms with Crippen LogP contribution in [0.25, 0.3) is 0 Å². The molecule has 1 saturated heterocycles. The molecule has 0 unspecified atom stereocenters. The first-order valence-corrected chi connectivity index (χ1v) is 7.86. The average Bonchev–Trinajstić information content (AvgIpc) is 3.04. The zero-order valence-corrected chi connectivity index (χ0v) is 13.5. The number of carbonyl (C=O) groups excluding carboxylic acids is 1. The lowest BCUT2D eigenvalue weighted by Gasteiger charge is -2.35. The first-order valence-electron chi connectivity index (χ1n) is 7.86. The van der Waals surface area contributed by atoms with Gasteiger partial charge in [0.05, 0.1) is 23.6 Å². The third kappa shape index (κ3) is 2.77. The van der Waals surface area contributed by atoms with E-state index in [-0.39, 0.29) is 11.9 Å². The molecule has 0 radical (unpaired) electrons. The Morgan fingerprint density at radius 1 is 1.36 bits per heavy atom. The maximum atomic E-state index is 12.8. The maximum Gasteiger partial charge on any atom is 0.244 e. The van der Waals surface area contributed by atoms with Crippen LogP contribution in [0.4, 0.5) is 0 Å². The first kappa shape index (κ1) is 14.8. The summed E-state index contributed by atoms with van der Waals surface area (Å²) < 4.78 is 1.79. The van der Waals surface area contributed by atoms with E-state index in [4.69, 9.17) is 0 Å². The fraction of sp³-hybridized carbons (Fsp3) is 0.562. The zero-order valence-electron chi connectivity index (χ0n) is 13.5. The molecule has 1 aliphatic rings. The molecule has 22 heavy (non-hydrogen) atoms. The van der Waals surface area contributed by atoms with Crippen molar-refractivity contribution in [2.75, 3.05) is 6.54 Å². The van der Waals surface area contributed by atoms with E-state index in [0.717, 1.165) is 48.5 Å². The van der Waals surface area contributed by atoms with Crippen molar-refractivity contribution in [3.05, 3.63) is 34.9 Å². The Morgan fingerprint density at radius 3 is 2.82 bits per heavy atom. The first-order chi connectivity index (χ1) is 10.6. The number of aromatic nitrogens is 4. The van der Waals surface area contributed by atoms with Crippen LogP contribution in [0.1, 0.15) is 47.9 Å². The largest absolute Gasteiger partial charge is 0.332 e. The van der Waals surface area contributed by atoms with Crippen molar-refractivity contribution in [1.82, 2.24) is 24.9 Å². The lowest BCUT2D eigenvalue weighted by atomic mass is 9.97. The van der Waals surface area contributed by atoms with Crippen LogP contribution in [0, 0.1) is 20.8 Å². The summed E-state index contributed by atoms with van der Waals surface area (Å²) in [4.78, 5) is 14.8. The number of nitrogens with one attached hydrogen (secondary N) is 1. The summed E-state index contributed by atoms with van der Waals surface area (Å²) in [6.45, 7) is 7.09. The summed E-state index contributed by atoms with van der Waals surface area (Å²) in [7, 11) is 0. The van der Waals surface area contributed by atoms with Crippen LogP contribution in [-0.4, -0.2) is 37.3 Å². The summed E-state index contributed by atoms with van der Waals surface area (Å²) in [5, 5.41) is 11.6. The molecular formula is C16H23N5O. The molecule has 3 heterocycles. The minimum Gasteiger partial charge on any atom is -0.332 e. The van der Waals surface area contributed by atoms with Crippen molar-refractivity contribution < 1.29 is 4.79 Å². The normalized spacial score (nSPS) is 18.7. The highest BCUT2D eigenvalue weighted by Gasteiger charge is 2.30. The van der Waals surface area contributed by atoms with Gasteiger partial charge in [0.1, 0.15) is 6.54 Å². The number of piperidine rings is 1. The highest BCUT2D eigenvalue weighted by atomic mass is 16.2. The van der Waals surface area contributed by atoms with Crippen LogP contribution in [0.5, 0.6) is 0 Å². The van der Waals surface area contributed by atoms with Gasteiger partial charge in [-0.05, 0) is 51.7 Å². The van der Waals surface area contributed by atoms with Crippen molar-refractivity contribution in [2.45, 2.75) is 52.6 Å². The van der Waals surface area contributed by atoms with Gasteiger partial charge >= 0.3 is 0 Å². The van der Waals surface area contributed by atoms with E-state index in [1.165, 1.54) is 0 Å². The second kappa shape index (κ2) is 5.94. The van der Waals surface area contributed by atoms with E-state index >= 15 is 0 Å². The summed E-state index contributed by atoms with van der Waals surface area (Å²) in [5.74, 6) is 0.130. The average molecular weight is 301 g/mol. The molecule has 6 heteroatoms. The molecule has 1 amide bonds. The van der Waals surface area contributed by atoms with Crippen molar-refractivity contribution in [3.8, 4) is 0 Å². The van der Waals surface area contributed by atoms with Gasteiger partial charge in [-0.15, -0.1) is 0 Å². The fourth-order valence-electron chi connectivity index (χ4n) is 3.28. The molecule has 6 nitrogen and oxygen atoms in total. The van der Waals surface area contributed by atoms with E-state index in [2.05, 4.69) is 15.3 Å². The fourth-order valence-corrected chi connectivity index (χ4v) is 3.28. The molecule has 1 fully saturated rings. The number of likely N-dealkylation sites (tertiary alicyclic amines) is 1. The smallest absolute Gasteiger partial charge is 0.244 e. The highest BCUT2D eigenvalue weighted by molar-refractivity contribution is 5.76. The van der Waals surface area contributed by atoms with Gasteiger partial charge in [-0.25, -0.2) is 0 Å². The monoisotopic (exact) mass is 301 g/mol. The molecule has 1 aliphatic heterocycles. The standard InChI is InChI=1S/C16H23N5O/c1-11-9-17-18-16(11)14-6-4-5-7-20(14)15(22)10-21-13(3)8-12(2)19-21/h8-9,14H,4-7,10H2,1-3H3,(H,17,18)/t14-/m0/s1. The second-order valence-corrected chi connectivity index (χ2v) is 6.15. The molecule has 118 valence electrons. The predicted octanol–water partition coefficient (Wildman–Crippen LogP) is 2.29. The maximum absolute atomic E-state index is 12.8. The Kier molecular flexibility index (Phi) is 4.00. The third-order valence-corrected chi connectivity index (χ3v) is 4.41. The molecule has 3 rings (SSSR count). The lowest BCUT2D eigenvalue weighted by Crippen LogP contribution is -2.41. The second-order valence-electron chi connectivity index (χ2n) is 6.15. The molecule has 0 spiro atoms. The van der Waals surface area contributed by atoms with Gasteiger partial charge in [-0.3, -0.25) is 14.6 Å². The van der Waals surface area contributed by atoms with Crippen LogP contribution in [-0.2, 0) is 11.3 Å². The minimum absolute atomic E-state index is 0.112. The van der Waals surface area contributed by atoms with Crippen LogP contribution in [0.2, 0.25) is 0 Å². The van der Waals surface area contributed by atoms with Crippen molar-refractivity contribution in [1.29, 1.82) is 0 Å². The highest BCUT2D eigenvalue weighted by Crippen LogP contribution is 2.31. The topological polar surface area (TPSA) is 66.8 Å². The van der Waals surface area contributed by atoms with Gasteiger partial charge < -0.3 is 4.90 Å². The summed E-state index contributed by atoms with van der Waals surface area (Å²) in [6.07, 6.45) is 5.03. The Balaban J connectivity index is 1.80. The number of H-pyrrole nitrogens is 1. The number of hydrogen-bond donors (Lipinski definition) is 1. The lowest BCUT2D eigenvalue weighted by molar-refractivity contribution is -0.136. The molecule has 0 saturated carbocycles. The SMILES string of the molecule is Cc1cc(C)n(CC(=O)N2CCCC[C@H]2c2[nH]ncc2C)n1. The van der Waals surface area contributed by atoms with Crippen LogP contribution < -0.4 is 0 Å². The molecule has 1 N–H and O–H groups in total. The molecule has 0 bridgehead atoms. The Labute approximate surface area is 130 Å². The number of rotatable bonds is 3. The van der Waals surface area contributed by atoms with Gasteiger partial charge in [-0.2, -0.15) is 10.2 Å². The summed E-state index contributed by atoms with van der Waals surface area (Å²) in [6, 6.07) is 2.11. The molecule has 2 aromatic heterocycles. The van der Waals surface area contributed by atoms with E-state index in [9.17, 15) is 4.79 Å². The van der Waals surface area contributed by atoms with Crippen LogP contribution in [0.3, 0.4) is 0 Å². The van der Waals surface area contributed by atoms with Crippen molar-refractivity contribution in [2.24, 2.45) is 0 Å². The van der Waals surface area contributed by atoms with Crippen molar-refractivity contribution in [3.63, 3.8) is 0 Å². The molecule has 2 aromatic rings. The number of aromatic amines is 1. The number of amides is 1. The Bertz CT molecular complexity index is 672. The molecule has 1 atom stereocenters. The minimum atomic E-state index is 0.112. The molecular weight excluding hydrogens is 278 g/mol. The summed E-state index contributed by atoms with van der Waals surface area (Å²) >= 11 is 0. The van der Waals surface area contributed by atoms with Crippen LogP contribution >= 0.6 is 0 Å². The molecule has 0 aromatic carbocycles. The Hall–Kier alpha value is -2.11. The van der Waals surface area contributed by atoms with Gasteiger partial charge in [0.25, 0.3) is 0 Å². The van der Waals surface area contributed by atoms with E-state index in [1.807, 2.05) is 37.9 Å². The van der Waals surface area contributed by atoms with Crippen molar-refractivity contribution >= 4 is 5.91 Å². The van der Waals surface area contributed by atoms with Gasteiger partial charge in [0.2, 0.25) is 5.91 Å². The number of hydrogen-bond acceptors (Lipinski definition) is 3. The van der Waals surface area contributed by atoms with E-state index < -0.39 is 0 Å². The predicted molar refractivity (Wildman–Crippen MR) is 83.3 cm³/mol. The zero-order chi connectivity index (χ0) is 15.7. The summed E-state index contributed by atoms with van der Waals surface area (Å²) in [5.41, 5.74) is 4.17. The number of aryl methyl sites for hydroxylation is 3. The Morgan fingerprint density at radius 2 is 2.18 bits per heavy atom. The molecule has 0 aliphatic carbocycles. The van der Waals surface area contributed by atoms with Gasteiger partial charge in [0.15, 0.2) is 0 Å². The van der Waals surface area contributed by atoms with Gasteiger partial charge in [0, 0.05) is 12.2 Å². The quantitative estimate of drug-likeness (QED) is 0.946. The van der Waals surface area contributed by atoms with E-state index in [1.54, 1.807) is 4.68 Å². The number of carbonyl (C=O) groups is 1. The third-order valence-electron chi connectivity index (χ3n) is 4.41. The van der Waals surface area contributed by atoms with Gasteiger partial charge in [-0.1, -0.05) is 0 Å².